The molecule has 0 amide bonds. The highest BCUT2D eigenvalue weighted by Gasteiger charge is 2.10. The zero-order valence-electron chi connectivity index (χ0n) is 9.62. The summed E-state index contributed by atoms with van der Waals surface area (Å²) in [5.74, 6) is 1.35. The van der Waals surface area contributed by atoms with Crippen molar-refractivity contribution in [2.24, 2.45) is 0 Å². The van der Waals surface area contributed by atoms with Gasteiger partial charge >= 0.3 is 0 Å². The number of rotatable bonds is 2. The third kappa shape index (κ3) is 1.86. The van der Waals surface area contributed by atoms with Crippen molar-refractivity contribution in [3.63, 3.8) is 0 Å². The molecule has 0 atom stereocenters. The standard InChI is InChI=1S/C12H10N4OS/c1-7-9(3-2-5-14-7)17-10-8-4-6-18-11(8)16-12(13)15-10/h2-6H,1H3,(H2,13,15,16). The predicted molar refractivity (Wildman–Crippen MR) is 70.9 cm³/mol. The lowest BCUT2D eigenvalue weighted by molar-refractivity contribution is 0.463. The van der Waals surface area contributed by atoms with Crippen LogP contribution in [0.1, 0.15) is 5.69 Å². The van der Waals surface area contributed by atoms with Crippen LogP contribution in [0, 0.1) is 6.92 Å². The van der Waals surface area contributed by atoms with Crippen LogP contribution >= 0.6 is 11.3 Å². The highest BCUT2D eigenvalue weighted by molar-refractivity contribution is 7.16. The van der Waals surface area contributed by atoms with Gasteiger partial charge in [-0.1, -0.05) is 0 Å². The molecule has 0 fully saturated rings. The molecule has 6 heteroatoms. The molecule has 0 unspecified atom stereocenters. The summed E-state index contributed by atoms with van der Waals surface area (Å²) in [4.78, 5) is 13.3. The third-order valence-corrected chi connectivity index (χ3v) is 3.28. The number of hydrogen-bond donors (Lipinski definition) is 1. The molecule has 2 N–H and O–H groups in total. The second-order valence-corrected chi connectivity index (χ2v) is 4.61. The molecule has 3 rings (SSSR count). The lowest BCUT2D eigenvalue weighted by atomic mass is 10.3. The first kappa shape index (κ1) is 10.9. The number of aromatic nitrogens is 3. The molecule has 0 bridgehead atoms. The summed E-state index contributed by atoms with van der Waals surface area (Å²) in [6.45, 7) is 1.88. The summed E-state index contributed by atoms with van der Waals surface area (Å²) in [5.41, 5.74) is 6.47. The Labute approximate surface area is 107 Å². The lowest BCUT2D eigenvalue weighted by Crippen LogP contribution is -1.98. The number of fused-ring (bicyclic) bond motifs is 1. The van der Waals surface area contributed by atoms with Crippen molar-refractivity contribution in [1.82, 2.24) is 15.0 Å². The molecule has 3 aromatic heterocycles. The van der Waals surface area contributed by atoms with Gasteiger partial charge in [0.25, 0.3) is 0 Å². The molecule has 0 aromatic carbocycles. The van der Waals surface area contributed by atoms with E-state index in [4.69, 9.17) is 10.5 Å². The molecule has 0 radical (unpaired) electrons. The second kappa shape index (κ2) is 4.23. The van der Waals surface area contributed by atoms with Gasteiger partial charge in [-0.15, -0.1) is 11.3 Å². The van der Waals surface area contributed by atoms with Crippen LogP contribution in [-0.2, 0) is 0 Å². The van der Waals surface area contributed by atoms with Crippen LogP contribution in [0.15, 0.2) is 29.8 Å². The van der Waals surface area contributed by atoms with E-state index in [2.05, 4.69) is 15.0 Å². The van der Waals surface area contributed by atoms with Crippen LogP contribution in [0.5, 0.6) is 11.6 Å². The molecular weight excluding hydrogens is 248 g/mol. The van der Waals surface area contributed by atoms with E-state index in [0.717, 1.165) is 15.9 Å². The van der Waals surface area contributed by atoms with Gasteiger partial charge in [0.15, 0.2) is 5.75 Å². The van der Waals surface area contributed by atoms with Crippen LogP contribution in [0.25, 0.3) is 10.2 Å². The molecule has 0 saturated heterocycles. The van der Waals surface area contributed by atoms with Crippen molar-refractivity contribution in [2.45, 2.75) is 6.92 Å². The highest BCUT2D eigenvalue weighted by atomic mass is 32.1. The second-order valence-electron chi connectivity index (χ2n) is 3.72. The molecule has 5 nitrogen and oxygen atoms in total. The molecule has 18 heavy (non-hydrogen) atoms. The number of nitrogen functional groups attached to an aromatic ring is 1. The summed E-state index contributed by atoms with van der Waals surface area (Å²) in [6, 6.07) is 5.58. The summed E-state index contributed by atoms with van der Waals surface area (Å²) in [6.07, 6.45) is 1.72. The molecule has 90 valence electrons. The van der Waals surface area contributed by atoms with Crippen LogP contribution in [0.4, 0.5) is 5.95 Å². The maximum Gasteiger partial charge on any atom is 0.232 e. The summed E-state index contributed by atoms with van der Waals surface area (Å²) < 4.78 is 5.77. The van der Waals surface area contributed by atoms with Crippen molar-refractivity contribution in [3.05, 3.63) is 35.5 Å². The topological polar surface area (TPSA) is 73.9 Å². The molecule has 0 spiro atoms. The fourth-order valence-electron chi connectivity index (χ4n) is 1.60. The minimum atomic E-state index is 0.210. The molecule has 0 saturated carbocycles. The Kier molecular flexibility index (Phi) is 2.56. The first-order chi connectivity index (χ1) is 8.74. The van der Waals surface area contributed by atoms with Gasteiger partial charge < -0.3 is 10.5 Å². The van der Waals surface area contributed by atoms with Crippen LogP contribution < -0.4 is 10.5 Å². The number of pyridine rings is 1. The number of thiophene rings is 1. The van der Waals surface area contributed by atoms with E-state index in [9.17, 15) is 0 Å². The van der Waals surface area contributed by atoms with Crippen LogP contribution in [-0.4, -0.2) is 15.0 Å². The van der Waals surface area contributed by atoms with E-state index >= 15 is 0 Å². The summed E-state index contributed by atoms with van der Waals surface area (Å²) in [5, 5.41) is 2.79. The number of ether oxygens (including phenoxy) is 1. The Hall–Kier alpha value is -2.21. The van der Waals surface area contributed by atoms with Crippen LogP contribution in [0.2, 0.25) is 0 Å². The number of nitrogens with zero attached hydrogens (tertiary/aromatic N) is 3. The van der Waals surface area contributed by atoms with Crippen LogP contribution in [0.3, 0.4) is 0 Å². The SMILES string of the molecule is Cc1ncccc1Oc1nc(N)nc2sccc12. The van der Waals surface area contributed by atoms with Gasteiger partial charge in [0.05, 0.1) is 11.1 Å². The fourth-order valence-corrected chi connectivity index (χ4v) is 2.36. The Morgan fingerprint density at radius 3 is 3.00 bits per heavy atom. The highest BCUT2D eigenvalue weighted by Crippen LogP contribution is 2.31. The van der Waals surface area contributed by atoms with Gasteiger partial charge in [0.1, 0.15) is 4.83 Å². The van der Waals surface area contributed by atoms with Gasteiger partial charge in [-0.3, -0.25) is 4.98 Å². The molecule has 0 aliphatic carbocycles. The average Bonchev–Trinajstić information content (AvgIpc) is 2.80. The zero-order valence-corrected chi connectivity index (χ0v) is 10.4. The number of aryl methyl sites for hydroxylation is 1. The van der Waals surface area contributed by atoms with Crippen molar-refractivity contribution >= 4 is 27.5 Å². The first-order valence-corrected chi connectivity index (χ1v) is 6.22. The van der Waals surface area contributed by atoms with Crippen molar-refractivity contribution in [1.29, 1.82) is 0 Å². The minimum absolute atomic E-state index is 0.210. The monoisotopic (exact) mass is 258 g/mol. The fraction of sp³-hybridized carbons (Fsp3) is 0.0833. The largest absolute Gasteiger partial charge is 0.436 e. The Balaban J connectivity index is 2.10. The normalized spacial score (nSPS) is 10.7. The smallest absolute Gasteiger partial charge is 0.232 e. The zero-order chi connectivity index (χ0) is 12.5. The van der Waals surface area contributed by atoms with E-state index in [1.807, 2.05) is 30.5 Å². The van der Waals surface area contributed by atoms with Gasteiger partial charge in [-0.25, -0.2) is 4.98 Å². The predicted octanol–water partition coefficient (Wildman–Crippen LogP) is 2.77. The van der Waals surface area contributed by atoms with Gasteiger partial charge in [-0.2, -0.15) is 4.98 Å². The van der Waals surface area contributed by atoms with E-state index in [-0.39, 0.29) is 5.95 Å². The molecule has 3 heterocycles. The maximum atomic E-state index is 5.77. The Morgan fingerprint density at radius 1 is 1.28 bits per heavy atom. The third-order valence-electron chi connectivity index (χ3n) is 2.47. The number of nitrogens with two attached hydrogens (primary N) is 1. The molecular formula is C12H10N4OS. The maximum absolute atomic E-state index is 5.77. The van der Waals surface area contributed by atoms with E-state index in [1.165, 1.54) is 11.3 Å². The Bertz CT molecular complexity index is 710. The minimum Gasteiger partial charge on any atom is -0.436 e. The lowest BCUT2D eigenvalue weighted by Gasteiger charge is -2.07. The average molecular weight is 258 g/mol. The van der Waals surface area contributed by atoms with Crippen molar-refractivity contribution in [3.8, 4) is 11.6 Å². The molecule has 0 aliphatic heterocycles. The summed E-state index contributed by atoms with van der Waals surface area (Å²) >= 11 is 1.50. The summed E-state index contributed by atoms with van der Waals surface area (Å²) in [7, 11) is 0. The number of anilines is 1. The first-order valence-electron chi connectivity index (χ1n) is 5.34. The van der Waals surface area contributed by atoms with Crippen molar-refractivity contribution in [2.75, 3.05) is 5.73 Å². The van der Waals surface area contributed by atoms with Gasteiger partial charge in [0, 0.05) is 6.20 Å². The van der Waals surface area contributed by atoms with Gasteiger partial charge in [-0.05, 0) is 30.5 Å². The molecule has 0 aliphatic rings. The van der Waals surface area contributed by atoms with Gasteiger partial charge in [0.2, 0.25) is 11.8 Å². The molecule has 3 aromatic rings. The van der Waals surface area contributed by atoms with E-state index in [1.54, 1.807) is 6.20 Å². The van der Waals surface area contributed by atoms with Crippen molar-refractivity contribution < 1.29 is 4.74 Å². The Morgan fingerprint density at radius 2 is 2.17 bits per heavy atom. The van der Waals surface area contributed by atoms with E-state index < -0.39 is 0 Å². The van der Waals surface area contributed by atoms with E-state index in [0.29, 0.717) is 11.6 Å². The quantitative estimate of drug-likeness (QED) is 0.765. The number of hydrogen-bond acceptors (Lipinski definition) is 6.